The highest BCUT2D eigenvalue weighted by Crippen LogP contribution is 2.36. The first-order chi connectivity index (χ1) is 9.20. The van der Waals surface area contributed by atoms with Crippen LogP contribution < -0.4 is 5.32 Å². The van der Waals surface area contributed by atoms with Gasteiger partial charge in [0.1, 0.15) is 0 Å². The fourth-order valence-electron chi connectivity index (χ4n) is 3.17. The third-order valence-electron chi connectivity index (χ3n) is 4.79. The Morgan fingerprint density at radius 3 is 2.47 bits per heavy atom. The van der Waals surface area contributed by atoms with E-state index in [0.717, 1.165) is 31.2 Å². The fourth-order valence-corrected chi connectivity index (χ4v) is 3.86. The Morgan fingerprint density at radius 1 is 1.21 bits per heavy atom. The van der Waals surface area contributed by atoms with Gasteiger partial charge in [-0.25, -0.2) is 0 Å². The molecule has 19 heavy (non-hydrogen) atoms. The first-order valence-corrected chi connectivity index (χ1v) is 9.04. The summed E-state index contributed by atoms with van der Waals surface area (Å²) in [7, 11) is 0. The molecular weight excluding hydrogens is 302 g/mol. The van der Waals surface area contributed by atoms with Crippen LogP contribution in [0.4, 0.5) is 0 Å². The van der Waals surface area contributed by atoms with Crippen molar-refractivity contribution in [1.29, 1.82) is 0 Å². The van der Waals surface area contributed by atoms with Crippen molar-refractivity contribution in [3.63, 3.8) is 0 Å². The van der Waals surface area contributed by atoms with Gasteiger partial charge in [0.2, 0.25) is 5.91 Å². The lowest BCUT2D eigenvalue weighted by molar-refractivity contribution is -0.126. The van der Waals surface area contributed by atoms with Crippen molar-refractivity contribution in [2.24, 2.45) is 17.8 Å². The normalized spacial score (nSPS) is 28.9. The highest BCUT2D eigenvalue weighted by Gasteiger charge is 2.31. The first-order valence-electron chi connectivity index (χ1n) is 8.12. The summed E-state index contributed by atoms with van der Waals surface area (Å²) in [6.45, 7) is 3.08. The van der Waals surface area contributed by atoms with E-state index in [4.69, 9.17) is 0 Å². The van der Waals surface area contributed by atoms with Gasteiger partial charge in [0, 0.05) is 17.3 Å². The lowest BCUT2D eigenvalue weighted by Crippen LogP contribution is -2.36. The molecule has 2 aliphatic carbocycles. The van der Waals surface area contributed by atoms with Crippen molar-refractivity contribution in [2.75, 3.05) is 6.54 Å². The van der Waals surface area contributed by atoms with Gasteiger partial charge in [-0.15, -0.1) is 0 Å². The predicted octanol–water partition coefficient (Wildman–Crippen LogP) is 4.27. The molecule has 2 nitrogen and oxygen atoms in total. The Bertz CT molecular complexity index is 282. The van der Waals surface area contributed by atoms with Crippen LogP contribution in [0.1, 0.15) is 64.7 Å². The van der Waals surface area contributed by atoms with Crippen molar-refractivity contribution in [1.82, 2.24) is 5.32 Å². The van der Waals surface area contributed by atoms with Crippen molar-refractivity contribution in [3.05, 3.63) is 0 Å². The summed E-state index contributed by atoms with van der Waals surface area (Å²) in [6.07, 6.45) is 11.4. The molecule has 2 aliphatic rings. The third-order valence-corrected chi connectivity index (χ3v) is 5.86. The largest absolute Gasteiger partial charge is 0.355 e. The Hall–Kier alpha value is -0.0500. The maximum Gasteiger partial charge on any atom is 0.223 e. The van der Waals surface area contributed by atoms with Gasteiger partial charge in [-0.3, -0.25) is 4.79 Å². The molecule has 0 saturated heterocycles. The summed E-state index contributed by atoms with van der Waals surface area (Å²) < 4.78 is 0. The number of rotatable bonds is 7. The molecule has 1 amide bonds. The zero-order chi connectivity index (χ0) is 13.7. The van der Waals surface area contributed by atoms with Gasteiger partial charge < -0.3 is 5.32 Å². The van der Waals surface area contributed by atoms with E-state index in [1.54, 1.807) is 0 Å². The number of alkyl halides is 1. The lowest BCUT2D eigenvalue weighted by Gasteiger charge is -2.28. The number of carbonyl (C=O) groups excluding carboxylic acids is 1. The van der Waals surface area contributed by atoms with Crippen molar-refractivity contribution in [2.45, 2.75) is 69.5 Å². The topological polar surface area (TPSA) is 29.1 Å². The number of hydrogen-bond acceptors (Lipinski definition) is 1. The molecule has 2 saturated carbocycles. The number of nitrogens with one attached hydrogen (secondary N) is 1. The smallest absolute Gasteiger partial charge is 0.223 e. The van der Waals surface area contributed by atoms with Crippen LogP contribution in [-0.2, 0) is 4.79 Å². The second-order valence-electron chi connectivity index (χ2n) is 6.46. The summed E-state index contributed by atoms with van der Waals surface area (Å²) >= 11 is 3.68. The molecule has 0 heterocycles. The molecule has 3 heteroatoms. The number of amides is 1. The van der Waals surface area contributed by atoms with Gasteiger partial charge in [0.15, 0.2) is 0 Å². The maximum absolute atomic E-state index is 12.1. The van der Waals surface area contributed by atoms with Crippen LogP contribution in [0.5, 0.6) is 0 Å². The second kappa shape index (κ2) is 7.66. The Morgan fingerprint density at radius 2 is 1.89 bits per heavy atom. The molecule has 0 spiro atoms. The minimum atomic E-state index is 0.289. The zero-order valence-electron chi connectivity index (χ0n) is 12.2. The summed E-state index contributed by atoms with van der Waals surface area (Å²) in [4.78, 5) is 12.6. The van der Waals surface area contributed by atoms with Crippen LogP contribution in [0.25, 0.3) is 0 Å². The molecule has 110 valence electrons. The minimum Gasteiger partial charge on any atom is -0.355 e. The van der Waals surface area contributed by atoms with Gasteiger partial charge in [-0.05, 0) is 50.4 Å². The summed E-state index contributed by atoms with van der Waals surface area (Å²) in [6, 6.07) is 0. The highest BCUT2D eigenvalue weighted by molar-refractivity contribution is 9.09. The van der Waals surface area contributed by atoms with Crippen molar-refractivity contribution < 1.29 is 4.79 Å². The molecule has 0 bridgehead atoms. The Balaban J connectivity index is 1.61. The first kappa shape index (κ1) is 15.3. The molecule has 0 radical (unpaired) electrons. The summed E-state index contributed by atoms with van der Waals surface area (Å²) in [5.41, 5.74) is 0. The molecule has 1 atom stereocenters. The Labute approximate surface area is 126 Å². The van der Waals surface area contributed by atoms with Crippen LogP contribution in [0.3, 0.4) is 0 Å². The standard InChI is InChI=1S/C16H28BrNO/c1-2-3-4-12-5-7-14(8-6-12)16(19)18-11-15(17)13-9-10-13/h12-15H,2-11H2,1H3,(H,18,19). The molecule has 1 N–H and O–H groups in total. The summed E-state index contributed by atoms with van der Waals surface area (Å²) in [5, 5.41) is 3.15. The minimum absolute atomic E-state index is 0.289. The molecule has 2 rings (SSSR count). The molecule has 1 unspecified atom stereocenters. The van der Waals surface area contributed by atoms with E-state index < -0.39 is 0 Å². The van der Waals surface area contributed by atoms with E-state index >= 15 is 0 Å². The number of unbranched alkanes of at least 4 members (excludes halogenated alkanes) is 1. The number of halogens is 1. The third kappa shape index (κ3) is 5.09. The zero-order valence-corrected chi connectivity index (χ0v) is 13.8. The van der Waals surface area contributed by atoms with Crippen molar-refractivity contribution >= 4 is 21.8 Å². The molecule has 0 aliphatic heterocycles. The number of hydrogen-bond donors (Lipinski definition) is 1. The fraction of sp³-hybridized carbons (Fsp3) is 0.938. The van der Waals surface area contributed by atoms with Gasteiger partial charge in [0.25, 0.3) is 0 Å². The average molecular weight is 330 g/mol. The van der Waals surface area contributed by atoms with Crippen molar-refractivity contribution in [3.8, 4) is 0 Å². The van der Waals surface area contributed by atoms with Crippen LogP contribution in [-0.4, -0.2) is 17.3 Å². The molecular formula is C16H28BrNO. The Kier molecular flexibility index (Phi) is 6.18. The predicted molar refractivity (Wildman–Crippen MR) is 83.4 cm³/mol. The highest BCUT2D eigenvalue weighted by atomic mass is 79.9. The lowest BCUT2D eigenvalue weighted by atomic mass is 9.79. The maximum atomic E-state index is 12.1. The van der Waals surface area contributed by atoms with Gasteiger partial charge in [0.05, 0.1) is 0 Å². The molecule has 0 aromatic heterocycles. The van der Waals surface area contributed by atoms with Gasteiger partial charge in [-0.1, -0.05) is 42.1 Å². The van der Waals surface area contributed by atoms with Gasteiger partial charge >= 0.3 is 0 Å². The van der Waals surface area contributed by atoms with E-state index in [9.17, 15) is 4.79 Å². The van der Waals surface area contributed by atoms with E-state index in [1.807, 2.05) is 0 Å². The van der Waals surface area contributed by atoms with Crippen LogP contribution >= 0.6 is 15.9 Å². The quantitative estimate of drug-likeness (QED) is 0.694. The molecule has 0 aromatic carbocycles. The van der Waals surface area contributed by atoms with Crippen LogP contribution in [0.15, 0.2) is 0 Å². The van der Waals surface area contributed by atoms with Crippen LogP contribution in [0.2, 0.25) is 0 Å². The van der Waals surface area contributed by atoms with E-state index in [1.165, 1.54) is 44.9 Å². The average Bonchev–Trinajstić information content (AvgIpc) is 3.27. The molecule has 2 fully saturated rings. The van der Waals surface area contributed by atoms with Crippen LogP contribution in [0, 0.1) is 17.8 Å². The second-order valence-corrected chi connectivity index (χ2v) is 7.63. The monoisotopic (exact) mass is 329 g/mol. The number of carbonyl (C=O) groups is 1. The van der Waals surface area contributed by atoms with Gasteiger partial charge in [-0.2, -0.15) is 0 Å². The molecule has 0 aromatic rings. The SMILES string of the molecule is CCCCC1CCC(C(=O)NCC(Br)C2CC2)CC1. The van der Waals surface area contributed by atoms with E-state index in [2.05, 4.69) is 28.2 Å². The van der Waals surface area contributed by atoms with E-state index in [-0.39, 0.29) is 5.92 Å². The summed E-state index contributed by atoms with van der Waals surface area (Å²) in [5.74, 6) is 2.29. The van der Waals surface area contributed by atoms with E-state index in [0.29, 0.717) is 10.7 Å².